The number of carbonyl (C=O) groups excluding carboxylic acids is 1. The first-order valence-electron chi connectivity index (χ1n) is 7.74. The molecule has 0 aromatic carbocycles. The van der Waals surface area contributed by atoms with Gasteiger partial charge >= 0.3 is 0 Å². The minimum atomic E-state index is -0.560. The highest BCUT2D eigenvalue weighted by Crippen LogP contribution is 2.07. The summed E-state index contributed by atoms with van der Waals surface area (Å²) < 4.78 is 5.31. The number of nitrogens with one attached hydrogen (secondary N) is 2. The van der Waals surface area contributed by atoms with Crippen molar-refractivity contribution in [2.24, 2.45) is 10.7 Å². The second kappa shape index (κ2) is 8.43. The lowest BCUT2D eigenvalue weighted by Crippen LogP contribution is -2.42. The van der Waals surface area contributed by atoms with Crippen LogP contribution in [0.1, 0.15) is 35.6 Å². The summed E-state index contributed by atoms with van der Waals surface area (Å²) in [6.45, 7) is 4.71. The van der Waals surface area contributed by atoms with Gasteiger partial charge in [0.05, 0.1) is 6.54 Å². The number of amides is 1. The number of carbonyl (C=O) groups is 1. The summed E-state index contributed by atoms with van der Waals surface area (Å²) in [6.07, 6.45) is 3.95. The zero-order valence-electron chi connectivity index (χ0n) is 13.1. The van der Waals surface area contributed by atoms with Crippen LogP contribution in [-0.2, 0) is 6.54 Å². The maximum absolute atomic E-state index is 11.0. The van der Waals surface area contributed by atoms with E-state index in [4.69, 9.17) is 10.2 Å². The number of hydrogen-bond donors (Lipinski definition) is 3. The van der Waals surface area contributed by atoms with Crippen molar-refractivity contribution in [3.8, 4) is 0 Å². The van der Waals surface area contributed by atoms with Gasteiger partial charge in [0.1, 0.15) is 5.76 Å². The molecule has 0 saturated carbocycles. The minimum Gasteiger partial charge on any atom is -0.454 e. The van der Waals surface area contributed by atoms with E-state index in [1.807, 2.05) is 0 Å². The molecule has 0 unspecified atom stereocenters. The van der Waals surface area contributed by atoms with E-state index < -0.39 is 5.91 Å². The number of primary amides is 1. The molecule has 2 heterocycles. The summed E-state index contributed by atoms with van der Waals surface area (Å²) in [5.74, 6) is 0.974. The van der Waals surface area contributed by atoms with Gasteiger partial charge in [0, 0.05) is 20.1 Å². The van der Waals surface area contributed by atoms with Gasteiger partial charge in [0.2, 0.25) is 0 Å². The predicted molar refractivity (Wildman–Crippen MR) is 85.7 cm³/mol. The third kappa shape index (κ3) is 5.07. The summed E-state index contributed by atoms with van der Waals surface area (Å²) >= 11 is 0. The molecule has 1 aromatic rings. The largest absolute Gasteiger partial charge is 0.454 e. The average Bonchev–Trinajstić information content (AvgIpc) is 3.01. The normalized spacial score (nSPS) is 16.5. The van der Waals surface area contributed by atoms with Gasteiger partial charge in [-0.2, -0.15) is 0 Å². The zero-order valence-corrected chi connectivity index (χ0v) is 13.1. The molecule has 4 N–H and O–H groups in total. The Morgan fingerprint density at radius 1 is 1.32 bits per heavy atom. The van der Waals surface area contributed by atoms with Crippen molar-refractivity contribution in [2.75, 3.05) is 33.2 Å². The van der Waals surface area contributed by atoms with E-state index in [1.54, 1.807) is 19.2 Å². The van der Waals surface area contributed by atoms with Crippen LogP contribution in [0, 0.1) is 0 Å². The Morgan fingerprint density at radius 3 is 2.73 bits per heavy atom. The first kappa shape index (κ1) is 16.4. The fourth-order valence-corrected chi connectivity index (χ4v) is 2.51. The highest BCUT2D eigenvalue weighted by molar-refractivity contribution is 5.89. The first-order valence-corrected chi connectivity index (χ1v) is 7.74. The number of furan rings is 1. The van der Waals surface area contributed by atoms with Crippen LogP contribution < -0.4 is 16.4 Å². The first-order chi connectivity index (χ1) is 10.7. The van der Waals surface area contributed by atoms with Gasteiger partial charge in [-0.25, -0.2) is 0 Å². The molecule has 122 valence electrons. The van der Waals surface area contributed by atoms with Crippen LogP contribution in [0.2, 0.25) is 0 Å². The van der Waals surface area contributed by atoms with Crippen molar-refractivity contribution in [1.82, 2.24) is 15.5 Å². The predicted octanol–water partition coefficient (Wildman–Crippen LogP) is 0.529. The van der Waals surface area contributed by atoms with Crippen molar-refractivity contribution < 1.29 is 9.21 Å². The van der Waals surface area contributed by atoms with Crippen molar-refractivity contribution >= 4 is 11.9 Å². The van der Waals surface area contributed by atoms with Crippen LogP contribution in [0.3, 0.4) is 0 Å². The third-order valence-corrected chi connectivity index (χ3v) is 3.73. The van der Waals surface area contributed by atoms with E-state index in [0.717, 1.165) is 13.1 Å². The molecule has 0 spiro atoms. The molecule has 1 aliphatic heterocycles. The Labute approximate surface area is 130 Å². The Hall–Kier alpha value is -2.02. The lowest BCUT2D eigenvalue weighted by Gasteiger charge is -2.26. The highest BCUT2D eigenvalue weighted by atomic mass is 16.3. The summed E-state index contributed by atoms with van der Waals surface area (Å²) in [6, 6.07) is 3.31. The zero-order chi connectivity index (χ0) is 15.8. The fourth-order valence-electron chi connectivity index (χ4n) is 2.51. The second-order valence-corrected chi connectivity index (χ2v) is 5.39. The van der Waals surface area contributed by atoms with E-state index in [2.05, 4.69) is 20.5 Å². The molecule has 2 rings (SSSR count). The lowest BCUT2D eigenvalue weighted by molar-refractivity contribution is 0.0972. The highest BCUT2D eigenvalue weighted by Gasteiger charge is 2.10. The summed E-state index contributed by atoms with van der Waals surface area (Å²) in [5.41, 5.74) is 5.15. The molecule has 1 fully saturated rings. The molecule has 7 heteroatoms. The monoisotopic (exact) mass is 307 g/mol. The maximum atomic E-state index is 11.0. The average molecular weight is 307 g/mol. The molecule has 0 aliphatic carbocycles. The molecule has 1 aliphatic rings. The van der Waals surface area contributed by atoms with E-state index in [1.165, 1.54) is 32.4 Å². The molecule has 7 nitrogen and oxygen atoms in total. The van der Waals surface area contributed by atoms with Crippen LogP contribution >= 0.6 is 0 Å². The maximum Gasteiger partial charge on any atom is 0.284 e. The van der Waals surface area contributed by atoms with Gasteiger partial charge in [-0.1, -0.05) is 6.42 Å². The molecule has 22 heavy (non-hydrogen) atoms. The molecule has 1 saturated heterocycles. The van der Waals surface area contributed by atoms with Crippen LogP contribution in [0.25, 0.3) is 0 Å². The van der Waals surface area contributed by atoms with Gasteiger partial charge < -0.3 is 25.7 Å². The molecule has 1 aromatic heterocycles. The summed E-state index contributed by atoms with van der Waals surface area (Å²) in [4.78, 5) is 17.6. The second-order valence-electron chi connectivity index (χ2n) is 5.39. The van der Waals surface area contributed by atoms with Crippen LogP contribution in [0.4, 0.5) is 0 Å². The van der Waals surface area contributed by atoms with Gasteiger partial charge in [-0.05, 0) is 38.1 Å². The standard InChI is InChI=1S/C15H25N5O2/c1-17-15(18-7-10-20-8-3-2-4-9-20)19-11-12-5-6-13(22-12)14(16)21/h5-6H,2-4,7-11H2,1H3,(H2,16,21)(H2,17,18,19). The number of aliphatic imine (C=N–C) groups is 1. The Kier molecular flexibility index (Phi) is 6.27. The molecule has 0 bridgehead atoms. The number of piperidine rings is 1. The Morgan fingerprint density at radius 2 is 2.09 bits per heavy atom. The van der Waals surface area contributed by atoms with Gasteiger partial charge in [0.15, 0.2) is 11.7 Å². The number of likely N-dealkylation sites (tertiary alicyclic amines) is 1. The number of rotatable bonds is 6. The topological polar surface area (TPSA) is 95.9 Å². The van der Waals surface area contributed by atoms with E-state index >= 15 is 0 Å². The molecule has 0 radical (unpaired) electrons. The number of hydrogen-bond acceptors (Lipinski definition) is 4. The van der Waals surface area contributed by atoms with Crippen molar-refractivity contribution in [3.05, 3.63) is 23.7 Å². The van der Waals surface area contributed by atoms with Gasteiger partial charge in [-0.15, -0.1) is 0 Å². The van der Waals surface area contributed by atoms with Crippen LogP contribution in [0.15, 0.2) is 21.5 Å². The van der Waals surface area contributed by atoms with Crippen LogP contribution in [-0.4, -0.2) is 50.0 Å². The van der Waals surface area contributed by atoms with Gasteiger partial charge in [-0.3, -0.25) is 9.79 Å². The molecule has 1 amide bonds. The summed E-state index contributed by atoms with van der Waals surface area (Å²) in [5, 5.41) is 6.43. The number of guanidine groups is 1. The third-order valence-electron chi connectivity index (χ3n) is 3.73. The van der Waals surface area contributed by atoms with Crippen molar-refractivity contribution in [3.63, 3.8) is 0 Å². The Balaban J connectivity index is 1.69. The van der Waals surface area contributed by atoms with E-state index in [0.29, 0.717) is 18.3 Å². The van der Waals surface area contributed by atoms with E-state index in [-0.39, 0.29) is 5.76 Å². The van der Waals surface area contributed by atoms with E-state index in [9.17, 15) is 4.79 Å². The minimum absolute atomic E-state index is 0.171. The van der Waals surface area contributed by atoms with Crippen molar-refractivity contribution in [2.45, 2.75) is 25.8 Å². The Bertz CT molecular complexity index is 506. The molecule has 0 atom stereocenters. The summed E-state index contributed by atoms with van der Waals surface area (Å²) in [7, 11) is 1.73. The smallest absolute Gasteiger partial charge is 0.284 e. The number of nitrogens with zero attached hydrogens (tertiary/aromatic N) is 2. The molecular formula is C15H25N5O2. The number of nitrogens with two attached hydrogens (primary N) is 1. The molecular weight excluding hydrogens is 282 g/mol. The lowest BCUT2D eigenvalue weighted by atomic mass is 10.1. The SMILES string of the molecule is CN=C(NCCN1CCCCC1)NCc1ccc(C(N)=O)o1. The van der Waals surface area contributed by atoms with Crippen LogP contribution in [0.5, 0.6) is 0 Å². The fraction of sp³-hybridized carbons (Fsp3) is 0.600. The quantitative estimate of drug-likeness (QED) is 0.526. The van der Waals surface area contributed by atoms with Gasteiger partial charge in [0.25, 0.3) is 5.91 Å². The van der Waals surface area contributed by atoms with Crippen molar-refractivity contribution in [1.29, 1.82) is 0 Å².